The number of nitrogens with two attached hydrogens (primary N) is 1. The van der Waals surface area contributed by atoms with Crippen molar-refractivity contribution in [2.45, 2.75) is 31.8 Å². The van der Waals surface area contributed by atoms with Crippen LogP contribution in [0, 0.1) is 0 Å². The summed E-state index contributed by atoms with van der Waals surface area (Å²) in [5.41, 5.74) is 5.01. The molecule has 2 atom stereocenters. The van der Waals surface area contributed by atoms with Crippen LogP contribution in [0.2, 0.25) is 0 Å². The molecule has 7 heteroatoms. The molecule has 0 saturated carbocycles. The van der Waals surface area contributed by atoms with Gasteiger partial charge in [0.05, 0.1) is 12.6 Å². The Balaban J connectivity index is 4.34. The molecule has 0 aliphatic heterocycles. The molecule has 0 aliphatic carbocycles. The Bertz CT molecular complexity index is 247. The van der Waals surface area contributed by atoms with Crippen LogP contribution < -0.4 is 16.4 Å². The van der Waals surface area contributed by atoms with Crippen molar-refractivity contribution in [1.29, 1.82) is 0 Å². The Kier molecular flexibility index (Phi) is 8.61. The first-order chi connectivity index (χ1) is 8.04. The number of thioether (sulfide) groups is 1. The average Bonchev–Trinajstić information content (AvgIpc) is 2.30. The van der Waals surface area contributed by atoms with Crippen LogP contribution in [-0.2, 0) is 4.79 Å². The summed E-state index contributed by atoms with van der Waals surface area (Å²) in [7, 11) is 0. The van der Waals surface area contributed by atoms with E-state index < -0.39 is 12.1 Å². The molecule has 0 aliphatic rings. The monoisotopic (exact) mass is 263 g/mol. The number of carbonyl (C=O) groups excluding carboxylic acids is 2. The zero-order chi connectivity index (χ0) is 13.3. The van der Waals surface area contributed by atoms with Gasteiger partial charge in [0.2, 0.25) is 5.91 Å². The highest BCUT2D eigenvalue weighted by Gasteiger charge is 2.21. The Morgan fingerprint density at radius 1 is 1.41 bits per heavy atom. The third kappa shape index (κ3) is 7.06. The summed E-state index contributed by atoms with van der Waals surface area (Å²) in [4.78, 5) is 22.6. The number of urea groups is 1. The smallest absolute Gasteiger partial charge is 0.312 e. The van der Waals surface area contributed by atoms with E-state index in [4.69, 9.17) is 10.8 Å². The number of rotatable bonds is 8. The molecule has 0 spiro atoms. The van der Waals surface area contributed by atoms with Crippen molar-refractivity contribution in [3.8, 4) is 0 Å². The molecule has 0 fully saturated rings. The van der Waals surface area contributed by atoms with E-state index in [0.29, 0.717) is 12.8 Å². The number of aliphatic hydroxyl groups excluding tert-OH is 1. The van der Waals surface area contributed by atoms with Crippen molar-refractivity contribution < 1.29 is 14.7 Å². The van der Waals surface area contributed by atoms with Gasteiger partial charge in [0.1, 0.15) is 6.04 Å². The highest BCUT2D eigenvalue weighted by Crippen LogP contribution is 2.02. The zero-order valence-electron chi connectivity index (χ0n) is 10.2. The second-order valence-electron chi connectivity index (χ2n) is 3.64. The third-order valence-electron chi connectivity index (χ3n) is 2.30. The second-order valence-corrected chi connectivity index (χ2v) is 4.62. The van der Waals surface area contributed by atoms with Crippen LogP contribution >= 0.6 is 11.8 Å². The number of aliphatic hydroxyl groups is 1. The zero-order valence-corrected chi connectivity index (χ0v) is 11.0. The molecular formula is C10H21N3O3S. The molecule has 100 valence electrons. The number of primary amides is 1. The van der Waals surface area contributed by atoms with E-state index in [0.717, 1.165) is 5.75 Å². The van der Waals surface area contributed by atoms with Crippen molar-refractivity contribution in [1.82, 2.24) is 10.6 Å². The van der Waals surface area contributed by atoms with Gasteiger partial charge in [-0.25, -0.2) is 4.79 Å². The number of hydrogen-bond donors (Lipinski definition) is 4. The van der Waals surface area contributed by atoms with Crippen LogP contribution in [0.5, 0.6) is 0 Å². The SMILES string of the molecule is CC[C@H](CO)NC(=O)C(CCSC)NC(N)=O. The van der Waals surface area contributed by atoms with E-state index >= 15 is 0 Å². The Hall–Kier alpha value is -0.950. The fraction of sp³-hybridized carbons (Fsp3) is 0.800. The van der Waals surface area contributed by atoms with Gasteiger partial charge >= 0.3 is 6.03 Å². The first kappa shape index (κ1) is 16.1. The van der Waals surface area contributed by atoms with Crippen LogP contribution in [0.1, 0.15) is 19.8 Å². The van der Waals surface area contributed by atoms with E-state index in [-0.39, 0.29) is 18.6 Å². The van der Waals surface area contributed by atoms with Crippen molar-refractivity contribution in [3.05, 3.63) is 0 Å². The Labute approximate surface area is 106 Å². The van der Waals surface area contributed by atoms with Gasteiger partial charge in [0, 0.05) is 0 Å². The lowest BCUT2D eigenvalue weighted by Gasteiger charge is -2.20. The minimum atomic E-state index is -0.719. The second kappa shape index (κ2) is 9.12. The molecule has 3 amide bonds. The summed E-state index contributed by atoms with van der Waals surface area (Å²) >= 11 is 1.58. The summed E-state index contributed by atoms with van der Waals surface area (Å²) in [6, 6.07) is -1.64. The molecule has 0 aromatic carbocycles. The summed E-state index contributed by atoms with van der Waals surface area (Å²) in [5.74, 6) is 0.438. The standard InChI is InChI=1S/C10H21N3O3S/c1-3-7(6-14)12-9(15)8(4-5-17-2)13-10(11)16/h7-8,14H,3-6H2,1-2H3,(H,12,15)(H3,11,13,16)/t7-,8?/m1/s1. The summed E-state index contributed by atoms with van der Waals surface area (Å²) in [6.45, 7) is 1.74. The van der Waals surface area contributed by atoms with Gasteiger partial charge in [0.25, 0.3) is 0 Å². The molecule has 5 N–H and O–H groups in total. The van der Waals surface area contributed by atoms with Crippen LogP contribution in [0.25, 0.3) is 0 Å². The lowest BCUT2D eigenvalue weighted by molar-refractivity contribution is -0.124. The predicted octanol–water partition coefficient (Wildman–Crippen LogP) is -0.336. The number of hydrogen-bond acceptors (Lipinski definition) is 4. The summed E-state index contributed by atoms with van der Waals surface area (Å²) in [6.07, 6.45) is 3.06. The maximum absolute atomic E-state index is 11.8. The van der Waals surface area contributed by atoms with Gasteiger partial charge in [-0.3, -0.25) is 4.79 Å². The topological polar surface area (TPSA) is 104 Å². The molecule has 17 heavy (non-hydrogen) atoms. The number of carbonyl (C=O) groups is 2. The van der Waals surface area contributed by atoms with Gasteiger partial charge in [-0.2, -0.15) is 11.8 Å². The molecular weight excluding hydrogens is 242 g/mol. The van der Waals surface area contributed by atoms with Crippen LogP contribution in [0.3, 0.4) is 0 Å². The molecule has 0 heterocycles. The summed E-state index contributed by atoms with van der Waals surface area (Å²) in [5, 5.41) is 14.0. The lowest BCUT2D eigenvalue weighted by Crippen LogP contribution is -2.51. The highest BCUT2D eigenvalue weighted by molar-refractivity contribution is 7.98. The van der Waals surface area contributed by atoms with Crippen molar-refractivity contribution in [2.24, 2.45) is 5.73 Å². The van der Waals surface area contributed by atoms with Gasteiger partial charge in [-0.15, -0.1) is 0 Å². The van der Waals surface area contributed by atoms with E-state index in [2.05, 4.69) is 10.6 Å². The van der Waals surface area contributed by atoms with E-state index in [1.807, 2.05) is 13.2 Å². The maximum Gasteiger partial charge on any atom is 0.312 e. The molecule has 6 nitrogen and oxygen atoms in total. The molecule has 0 bridgehead atoms. The van der Waals surface area contributed by atoms with Crippen molar-refractivity contribution >= 4 is 23.7 Å². The van der Waals surface area contributed by atoms with E-state index in [9.17, 15) is 9.59 Å². The first-order valence-electron chi connectivity index (χ1n) is 5.51. The normalized spacial score (nSPS) is 13.8. The minimum Gasteiger partial charge on any atom is -0.394 e. The summed E-state index contributed by atoms with van der Waals surface area (Å²) < 4.78 is 0. The van der Waals surface area contributed by atoms with Gasteiger partial charge in [0.15, 0.2) is 0 Å². The molecule has 0 saturated heterocycles. The predicted molar refractivity (Wildman–Crippen MR) is 68.8 cm³/mol. The van der Waals surface area contributed by atoms with Crippen molar-refractivity contribution in [2.75, 3.05) is 18.6 Å². The average molecular weight is 263 g/mol. The van der Waals surface area contributed by atoms with E-state index in [1.54, 1.807) is 11.8 Å². The molecule has 0 aromatic rings. The minimum absolute atomic E-state index is 0.117. The maximum atomic E-state index is 11.8. The first-order valence-corrected chi connectivity index (χ1v) is 6.90. The molecule has 0 rings (SSSR count). The third-order valence-corrected chi connectivity index (χ3v) is 2.95. The van der Waals surface area contributed by atoms with Crippen molar-refractivity contribution in [3.63, 3.8) is 0 Å². The molecule has 0 aromatic heterocycles. The van der Waals surface area contributed by atoms with Crippen LogP contribution in [0.15, 0.2) is 0 Å². The highest BCUT2D eigenvalue weighted by atomic mass is 32.2. The Morgan fingerprint density at radius 2 is 2.06 bits per heavy atom. The fourth-order valence-electron chi connectivity index (χ4n) is 1.25. The Morgan fingerprint density at radius 3 is 2.47 bits per heavy atom. The van der Waals surface area contributed by atoms with Gasteiger partial charge in [-0.05, 0) is 24.9 Å². The number of amides is 3. The largest absolute Gasteiger partial charge is 0.394 e. The van der Waals surface area contributed by atoms with Gasteiger partial charge in [-0.1, -0.05) is 6.92 Å². The quantitative estimate of drug-likeness (QED) is 0.481. The fourth-order valence-corrected chi connectivity index (χ4v) is 1.73. The number of nitrogens with one attached hydrogen (secondary N) is 2. The van der Waals surface area contributed by atoms with Crippen LogP contribution in [-0.4, -0.2) is 47.7 Å². The van der Waals surface area contributed by atoms with Gasteiger partial charge < -0.3 is 21.5 Å². The van der Waals surface area contributed by atoms with Crippen LogP contribution in [0.4, 0.5) is 4.79 Å². The lowest BCUT2D eigenvalue weighted by atomic mass is 10.1. The molecule has 1 unspecified atom stereocenters. The van der Waals surface area contributed by atoms with E-state index in [1.165, 1.54) is 0 Å². The molecule has 0 radical (unpaired) electrons.